The van der Waals surface area contributed by atoms with Crippen LogP contribution in [-0.4, -0.2) is 33.5 Å². The van der Waals surface area contributed by atoms with Gasteiger partial charge in [-0.1, -0.05) is 78.0 Å². The molecule has 33 heavy (non-hydrogen) atoms. The summed E-state index contributed by atoms with van der Waals surface area (Å²) < 4.78 is 7.52. The van der Waals surface area contributed by atoms with E-state index in [4.69, 9.17) is 16.3 Å². The number of benzene rings is 3. The molecule has 168 valence electrons. The molecule has 0 fully saturated rings. The van der Waals surface area contributed by atoms with Crippen LogP contribution < -0.4 is 10.1 Å². The van der Waals surface area contributed by atoms with Crippen molar-refractivity contribution in [3.05, 3.63) is 89.4 Å². The molecule has 0 aliphatic rings. The number of carbonyl (C=O) groups excluding carboxylic acids is 1. The zero-order valence-corrected chi connectivity index (χ0v) is 19.6. The smallest absolute Gasteiger partial charge is 0.221 e. The summed E-state index contributed by atoms with van der Waals surface area (Å²) in [4.78, 5) is 12.3. The quantitative estimate of drug-likeness (QED) is 0.326. The fourth-order valence-electron chi connectivity index (χ4n) is 3.33. The summed E-state index contributed by atoms with van der Waals surface area (Å²) in [6.45, 7) is 0.515. The number of aromatic nitrogens is 3. The molecule has 1 heterocycles. The zero-order chi connectivity index (χ0) is 23.0. The first-order chi connectivity index (χ1) is 16.2. The minimum Gasteiger partial charge on any atom is -0.495 e. The van der Waals surface area contributed by atoms with Crippen molar-refractivity contribution in [3.63, 3.8) is 0 Å². The minimum atomic E-state index is -0.00947. The van der Waals surface area contributed by atoms with Gasteiger partial charge in [-0.25, -0.2) is 0 Å². The van der Waals surface area contributed by atoms with E-state index < -0.39 is 0 Å². The summed E-state index contributed by atoms with van der Waals surface area (Å²) >= 11 is 7.69. The Hall–Kier alpha value is -3.29. The average Bonchev–Trinajstić information content (AvgIpc) is 3.27. The lowest BCUT2D eigenvalue weighted by Crippen LogP contribution is -2.23. The summed E-state index contributed by atoms with van der Waals surface area (Å²) in [5.41, 5.74) is 2.73. The lowest BCUT2D eigenvalue weighted by molar-refractivity contribution is -0.120. The third kappa shape index (κ3) is 5.74. The van der Waals surface area contributed by atoms with Gasteiger partial charge in [-0.2, -0.15) is 0 Å². The van der Waals surface area contributed by atoms with Crippen LogP contribution in [0.1, 0.15) is 12.0 Å². The van der Waals surface area contributed by atoms with E-state index in [9.17, 15) is 4.79 Å². The van der Waals surface area contributed by atoms with Crippen LogP contribution in [0, 0.1) is 0 Å². The van der Waals surface area contributed by atoms with E-state index in [2.05, 4.69) is 15.5 Å². The first kappa shape index (κ1) is 22.9. The summed E-state index contributed by atoms with van der Waals surface area (Å²) in [5.74, 6) is 1.90. The number of hydrogen-bond donors (Lipinski definition) is 1. The molecule has 0 saturated heterocycles. The SMILES string of the molecule is COc1ccccc1-n1c(SCCC(=O)NCc2ccccc2)nnc1-c1cccc(Cl)c1. The molecule has 3 aromatic carbocycles. The summed E-state index contributed by atoms with van der Waals surface area (Å²) in [7, 11) is 1.63. The molecule has 1 amide bonds. The Morgan fingerprint density at radius 1 is 1.03 bits per heavy atom. The number of thioether (sulfide) groups is 1. The van der Waals surface area contributed by atoms with Gasteiger partial charge in [0.2, 0.25) is 5.91 Å². The fourth-order valence-corrected chi connectivity index (χ4v) is 4.40. The van der Waals surface area contributed by atoms with Crippen LogP contribution in [0.2, 0.25) is 5.02 Å². The molecule has 1 aromatic heterocycles. The summed E-state index contributed by atoms with van der Waals surface area (Å²) in [6, 6.07) is 25.0. The molecule has 0 bridgehead atoms. The first-order valence-electron chi connectivity index (χ1n) is 10.4. The van der Waals surface area contributed by atoms with Crippen molar-refractivity contribution < 1.29 is 9.53 Å². The van der Waals surface area contributed by atoms with Crippen LogP contribution in [0.5, 0.6) is 5.75 Å². The average molecular weight is 479 g/mol. The van der Waals surface area contributed by atoms with Gasteiger partial charge in [0.1, 0.15) is 5.75 Å². The van der Waals surface area contributed by atoms with Gasteiger partial charge in [-0.3, -0.25) is 9.36 Å². The molecule has 6 nitrogen and oxygen atoms in total. The molecule has 1 N–H and O–H groups in total. The molecule has 0 atom stereocenters. The largest absolute Gasteiger partial charge is 0.495 e. The predicted molar refractivity (Wildman–Crippen MR) is 132 cm³/mol. The van der Waals surface area contributed by atoms with E-state index in [1.807, 2.05) is 83.4 Å². The number of rotatable bonds is 9. The van der Waals surface area contributed by atoms with E-state index in [1.54, 1.807) is 7.11 Å². The number of halogens is 1. The van der Waals surface area contributed by atoms with Crippen molar-refractivity contribution in [2.45, 2.75) is 18.1 Å². The van der Waals surface area contributed by atoms with Gasteiger partial charge in [0, 0.05) is 29.3 Å². The number of nitrogens with one attached hydrogen (secondary N) is 1. The number of amides is 1. The Kier molecular flexibility index (Phi) is 7.65. The van der Waals surface area contributed by atoms with Crippen LogP contribution in [0.4, 0.5) is 0 Å². The number of ether oxygens (including phenoxy) is 1. The zero-order valence-electron chi connectivity index (χ0n) is 18.1. The van der Waals surface area contributed by atoms with Crippen LogP contribution in [-0.2, 0) is 11.3 Å². The summed E-state index contributed by atoms with van der Waals surface area (Å²) in [6.07, 6.45) is 0.364. The summed E-state index contributed by atoms with van der Waals surface area (Å²) in [5, 5.41) is 13.1. The molecule has 4 rings (SSSR count). The van der Waals surface area contributed by atoms with Crippen LogP contribution in [0.25, 0.3) is 17.1 Å². The Labute approximate surface area is 202 Å². The molecule has 8 heteroatoms. The van der Waals surface area contributed by atoms with Crippen molar-refractivity contribution in [3.8, 4) is 22.8 Å². The molecule has 0 spiro atoms. The van der Waals surface area contributed by atoms with Gasteiger partial charge in [0.05, 0.1) is 12.8 Å². The Balaban J connectivity index is 1.52. The topological polar surface area (TPSA) is 69.0 Å². The maximum Gasteiger partial charge on any atom is 0.221 e. The van der Waals surface area contributed by atoms with Gasteiger partial charge in [0.15, 0.2) is 11.0 Å². The van der Waals surface area contributed by atoms with Crippen LogP contribution in [0.15, 0.2) is 84.0 Å². The lowest BCUT2D eigenvalue weighted by atomic mass is 10.2. The highest BCUT2D eigenvalue weighted by molar-refractivity contribution is 7.99. The highest BCUT2D eigenvalue weighted by Gasteiger charge is 2.19. The highest BCUT2D eigenvalue weighted by Crippen LogP contribution is 2.33. The molecule has 0 saturated carbocycles. The van der Waals surface area contributed by atoms with Gasteiger partial charge in [-0.05, 0) is 29.8 Å². The van der Waals surface area contributed by atoms with Crippen molar-refractivity contribution in [2.24, 2.45) is 0 Å². The number of methoxy groups -OCH3 is 1. The molecule has 0 unspecified atom stereocenters. The second-order valence-electron chi connectivity index (χ2n) is 7.18. The third-order valence-corrected chi connectivity index (χ3v) is 6.10. The molecule has 0 aliphatic heterocycles. The van der Waals surface area contributed by atoms with E-state index in [1.165, 1.54) is 11.8 Å². The second kappa shape index (κ2) is 11.0. The lowest BCUT2D eigenvalue weighted by Gasteiger charge is -2.14. The molecule has 4 aromatic rings. The standard InChI is InChI=1S/C25H23ClN4O2S/c1-32-22-13-6-5-12-21(22)30-24(19-10-7-11-20(26)16-19)28-29-25(30)33-15-14-23(31)27-17-18-8-3-2-4-9-18/h2-13,16H,14-15,17H2,1H3,(H,27,31). The normalized spacial score (nSPS) is 10.7. The monoisotopic (exact) mass is 478 g/mol. The van der Waals surface area contributed by atoms with E-state index >= 15 is 0 Å². The number of hydrogen-bond acceptors (Lipinski definition) is 5. The van der Waals surface area contributed by atoms with Crippen molar-refractivity contribution in [1.29, 1.82) is 0 Å². The Bertz CT molecular complexity index is 1230. The van der Waals surface area contributed by atoms with E-state index in [0.29, 0.717) is 40.5 Å². The minimum absolute atomic E-state index is 0.00947. The van der Waals surface area contributed by atoms with Crippen molar-refractivity contribution >= 4 is 29.3 Å². The second-order valence-corrected chi connectivity index (χ2v) is 8.68. The number of nitrogens with zero attached hydrogens (tertiary/aromatic N) is 3. The predicted octanol–water partition coefficient (Wildman–Crippen LogP) is 5.39. The first-order valence-corrected chi connectivity index (χ1v) is 11.8. The van der Waals surface area contributed by atoms with Crippen molar-refractivity contribution in [2.75, 3.05) is 12.9 Å². The van der Waals surface area contributed by atoms with Crippen LogP contribution >= 0.6 is 23.4 Å². The maximum atomic E-state index is 12.3. The van der Waals surface area contributed by atoms with Gasteiger partial charge >= 0.3 is 0 Å². The Morgan fingerprint density at radius 2 is 1.82 bits per heavy atom. The van der Waals surface area contributed by atoms with Gasteiger partial charge < -0.3 is 10.1 Å². The van der Waals surface area contributed by atoms with E-state index in [0.717, 1.165) is 16.8 Å². The maximum absolute atomic E-state index is 12.3. The molecular formula is C25H23ClN4O2S. The van der Waals surface area contributed by atoms with Crippen LogP contribution in [0.3, 0.4) is 0 Å². The molecule has 0 aliphatic carbocycles. The third-order valence-electron chi connectivity index (χ3n) is 4.94. The number of para-hydroxylation sites is 2. The Morgan fingerprint density at radius 3 is 2.61 bits per heavy atom. The highest BCUT2D eigenvalue weighted by atomic mass is 35.5. The molecular weight excluding hydrogens is 456 g/mol. The van der Waals surface area contributed by atoms with Crippen molar-refractivity contribution in [1.82, 2.24) is 20.1 Å². The molecule has 0 radical (unpaired) electrons. The van der Waals surface area contributed by atoms with Gasteiger partial charge in [-0.15, -0.1) is 10.2 Å². The van der Waals surface area contributed by atoms with Gasteiger partial charge in [0.25, 0.3) is 0 Å². The van der Waals surface area contributed by atoms with E-state index in [-0.39, 0.29) is 5.91 Å². The number of carbonyl (C=O) groups is 1. The fraction of sp³-hybridized carbons (Fsp3) is 0.160.